The molecule has 3 rings (SSSR count). The lowest BCUT2D eigenvalue weighted by atomic mass is 10.0. The third-order valence-corrected chi connectivity index (χ3v) is 3.19. The summed E-state index contributed by atoms with van der Waals surface area (Å²) in [4.78, 5) is 4.72. The van der Waals surface area contributed by atoms with Gasteiger partial charge in [0.15, 0.2) is 0 Å². The van der Waals surface area contributed by atoms with Crippen molar-refractivity contribution in [2.45, 2.75) is 26.2 Å². The van der Waals surface area contributed by atoms with Crippen LogP contribution in [-0.2, 0) is 6.42 Å². The molecule has 0 N–H and O–H groups in total. The Kier molecular flexibility index (Phi) is 1.84. The average Bonchev–Trinajstić information content (AvgIpc) is 2.98. The molecule has 0 spiro atoms. The van der Waals surface area contributed by atoms with Crippen LogP contribution in [0.1, 0.15) is 24.0 Å². The van der Waals surface area contributed by atoms with Gasteiger partial charge in [-0.3, -0.25) is 4.99 Å². The molecule has 78 valence electrons. The fraction of sp³-hybridized carbons (Fsp3) is 0.462. The highest BCUT2D eigenvalue weighted by molar-refractivity contribution is 5.98. The first-order valence-electron chi connectivity index (χ1n) is 5.53. The van der Waals surface area contributed by atoms with E-state index in [0.29, 0.717) is 0 Å². The first-order chi connectivity index (χ1) is 7.28. The van der Waals surface area contributed by atoms with E-state index in [9.17, 15) is 0 Å². The van der Waals surface area contributed by atoms with Gasteiger partial charge in [-0.2, -0.15) is 0 Å². The summed E-state index contributed by atoms with van der Waals surface area (Å²) < 4.78 is 5.38. The summed E-state index contributed by atoms with van der Waals surface area (Å²) in [6.45, 7) is 2.11. The second-order valence-corrected chi connectivity index (χ2v) is 4.53. The molecule has 0 saturated heterocycles. The van der Waals surface area contributed by atoms with Crippen LogP contribution in [0, 0.1) is 12.8 Å². The number of hydrogen-bond acceptors (Lipinski definition) is 2. The van der Waals surface area contributed by atoms with Crippen LogP contribution in [-0.4, -0.2) is 12.8 Å². The monoisotopic (exact) mass is 201 g/mol. The third-order valence-electron chi connectivity index (χ3n) is 3.19. The predicted molar refractivity (Wildman–Crippen MR) is 61.3 cm³/mol. The second kappa shape index (κ2) is 3.09. The molecule has 1 aliphatic carbocycles. The summed E-state index contributed by atoms with van der Waals surface area (Å²) in [5.41, 5.74) is 5.05. The Morgan fingerprint density at radius 2 is 2.13 bits per heavy atom. The zero-order valence-corrected chi connectivity index (χ0v) is 9.21. The SMILES string of the molecule is COc1cc(C)cc2c1N=C(C1CC1)C2. The van der Waals surface area contributed by atoms with Crippen molar-refractivity contribution in [3.05, 3.63) is 23.3 Å². The van der Waals surface area contributed by atoms with E-state index in [-0.39, 0.29) is 0 Å². The molecule has 0 radical (unpaired) electrons. The van der Waals surface area contributed by atoms with Crippen molar-refractivity contribution in [1.29, 1.82) is 0 Å². The maximum absolute atomic E-state index is 5.38. The van der Waals surface area contributed by atoms with Gasteiger partial charge in [0.1, 0.15) is 11.4 Å². The van der Waals surface area contributed by atoms with Crippen molar-refractivity contribution in [2.24, 2.45) is 10.9 Å². The summed E-state index contributed by atoms with van der Waals surface area (Å²) >= 11 is 0. The number of hydrogen-bond donors (Lipinski definition) is 0. The molecule has 15 heavy (non-hydrogen) atoms. The Hall–Kier alpha value is -1.31. The van der Waals surface area contributed by atoms with Gasteiger partial charge in [0.25, 0.3) is 0 Å². The minimum atomic E-state index is 0.766. The van der Waals surface area contributed by atoms with Crippen LogP contribution < -0.4 is 4.74 Å². The molecule has 1 aromatic carbocycles. The predicted octanol–water partition coefficient (Wildman–Crippen LogP) is 3.04. The third kappa shape index (κ3) is 1.44. The Labute approximate surface area is 90.0 Å². The number of aliphatic imine (C=N–C) groups is 1. The van der Waals surface area contributed by atoms with Crippen LogP contribution in [0.5, 0.6) is 5.75 Å². The van der Waals surface area contributed by atoms with Crippen molar-refractivity contribution < 1.29 is 4.74 Å². The Morgan fingerprint density at radius 3 is 2.80 bits per heavy atom. The molecule has 2 aliphatic rings. The molecule has 1 aliphatic heterocycles. The van der Waals surface area contributed by atoms with E-state index in [2.05, 4.69) is 19.1 Å². The van der Waals surface area contributed by atoms with Gasteiger partial charge in [0.05, 0.1) is 7.11 Å². The topological polar surface area (TPSA) is 21.6 Å². The van der Waals surface area contributed by atoms with Crippen LogP contribution in [0.15, 0.2) is 17.1 Å². The molecule has 0 bridgehead atoms. The van der Waals surface area contributed by atoms with E-state index < -0.39 is 0 Å². The van der Waals surface area contributed by atoms with Crippen molar-refractivity contribution in [3.63, 3.8) is 0 Å². The quantitative estimate of drug-likeness (QED) is 0.720. The number of ether oxygens (including phenoxy) is 1. The van der Waals surface area contributed by atoms with Crippen LogP contribution in [0.3, 0.4) is 0 Å². The zero-order chi connectivity index (χ0) is 10.4. The van der Waals surface area contributed by atoms with Gasteiger partial charge >= 0.3 is 0 Å². The Morgan fingerprint density at radius 1 is 1.33 bits per heavy atom. The van der Waals surface area contributed by atoms with Gasteiger partial charge in [-0.25, -0.2) is 0 Å². The van der Waals surface area contributed by atoms with E-state index in [1.54, 1.807) is 7.11 Å². The lowest BCUT2D eigenvalue weighted by Crippen LogP contribution is -1.99. The fourth-order valence-corrected chi connectivity index (χ4v) is 2.27. The highest BCUT2D eigenvalue weighted by Crippen LogP contribution is 2.42. The van der Waals surface area contributed by atoms with Gasteiger partial charge in [-0.15, -0.1) is 0 Å². The minimum absolute atomic E-state index is 0.766. The van der Waals surface area contributed by atoms with E-state index in [1.807, 2.05) is 0 Å². The first kappa shape index (κ1) is 8.96. The second-order valence-electron chi connectivity index (χ2n) is 4.53. The average molecular weight is 201 g/mol. The molecule has 0 atom stereocenters. The standard InChI is InChI=1S/C13H15NO/c1-8-5-10-7-11(9-3-4-9)14-13(10)12(6-8)15-2/h5-6,9H,3-4,7H2,1-2H3. The molecule has 0 unspecified atom stereocenters. The van der Waals surface area contributed by atoms with Crippen LogP contribution in [0.25, 0.3) is 0 Å². The van der Waals surface area contributed by atoms with E-state index in [4.69, 9.17) is 9.73 Å². The van der Waals surface area contributed by atoms with E-state index >= 15 is 0 Å². The van der Waals surface area contributed by atoms with Crippen LogP contribution in [0.4, 0.5) is 5.69 Å². The fourth-order valence-electron chi connectivity index (χ4n) is 2.27. The number of aryl methyl sites for hydroxylation is 1. The summed E-state index contributed by atoms with van der Waals surface area (Å²) in [7, 11) is 1.72. The lowest BCUT2D eigenvalue weighted by molar-refractivity contribution is 0.416. The first-order valence-corrected chi connectivity index (χ1v) is 5.53. The molecule has 1 saturated carbocycles. The Bertz CT molecular complexity index is 444. The maximum Gasteiger partial charge on any atom is 0.145 e. The van der Waals surface area contributed by atoms with Crippen molar-refractivity contribution in [3.8, 4) is 5.75 Å². The summed E-state index contributed by atoms with van der Waals surface area (Å²) in [5, 5.41) is 0. The smallest absolute Gasteiger partial charge is 0.145 e. The molecule has 2 nitrogen and oxygen atoms in total. The molecule has 1 heterocycles. The number of methoxy groups -OCH3 is 1. The lowest BCUT2D eigenvalue weighted by Gasteiger charge is -2.06. The van der Waals surface area contributed by atoms with Gasteiger partial charge in [-0.05, 0) is 42.9 Å². The van der Waals surface area contributed by atoms with Crippen LogP contribution >= 0.6 is 0 Å². The maximum atomic E-state index is 5.38. The highest BCUT2D eigenvalue weighted by Gasteiger charge is 2.31. The van der Waals surface area contributed by atoms with Gasteiger partial charge < -0.3 is 4.74 Å². The normalized spacial score (nSPS) is 18.7. The zero-order valence-electron chi connectivity index (χ0n) is 9.21. The van der Waals surface area contributed by atoms with Crippen molar-refractivity contribution in [2.75, 3.05) is 7.11 Å². The van der Waals surface area contributed by atoms with Gasteiger partial charge in [0.2, 0.25) is 0 Å². The molecular formula is C13H15NO. The van der Waals surface area contributed by atoms with Gasteiger partial charge in [0, 0.05) is 12.1 Å². The largest absolute Gasteiger partial charge is 0.494 e. The Balaban J connectivity index is 2.05. The molecule has 0 amide bonds. The minimum Gasteiger partial charge on any atom is -0.494 e. The molecule has 2 heteroatoms. The molecular weight excluding hydrogens is 186 g/mol. The highest BCUT2D eigenvalue weighted by atomic mass is 16.5. The van der Waals surface area contributed by atoms with E-state index in [0.717, 1.165) is 23.8 Å². The molecule has 0 aromatic heterocycles. The van der Waals surface area contributed by atoms with Crippen LogP contribution in [0.2, 0.25) is 0 Å². The number of nitrogens with zero attached hydrogens (tertiary/aromatic N) is 1. The van der Waals surface area contributed by atoms with Crippen molar-refractivity contribution >= 4 is 11.4 Å². The molecule has 1 fully saturated rings. The number of fused-ring (bicyclic) bond motifs is 1. The van der Waals surface area contributed by atoms with Gasteiger partial charge in [-0.1, -0.05) is 6.07 Å². The van der Waals surface area contributed by atoms with Crippen molar-refractivity contribution in [1.82, 2.24) is 0 Å². The summed E-state index contributed by atoms with van der Waals surface area (Å²) in [6, 6.07) is 4.30. The molecule has 1 aromatic rings. The summed E-state index contributed by atoms with van der Waals surface area (Å²) in [5.74, 6) is 1.70. The number of rotatable bonds is 2. The van der Waals surface area contributed by atoms with E-state index in [1.165, 1.54) is 29.7 Å². The summed E-state index contributed by atoms with van der Waals surface area (Å²) in [6.07, 6.45) is 3.69. The number of benzene rings is 1.